The van der Waals surface area contributed by atoms with Gasteiger partial charge in [0.25, 0.3) is 0 Å². The molecular formula is C10H13ClO4S. The Kier molecular flexibility index (Phi) is 2.31. The van der Waals surface area contributed by atoms with Crippen molar-refractivity contribution in [3.8, 4) is 0 Å². The lowest BCUT2D eigenvalue weighted by Crippen LogP contribution is -2.42. The fourth-order valence-electron chi connectivity index (χ4n) is 3.28. The third-order valence-corrected chi connectivity index (χ3v) is 5.52. The van der Waals surface area contributed by atoms with Crippen molar-refractivity contribution < 1.29 is 18.0 Å². The topological polar surface area (TPSA) is 68.3 Å². The van der Waals surface area contributed by atoms with Crippen molar-refractivity contribution >= 4 is 31.3 Å². The summed E-state index contributed by atoms with van der Waals surface area (Å²) in [5, 5.41) is 0. The van der Waals surface area contributed by atoms with Gasteiger partial charge in [-0.25, -0.2) is 8.42 Å². The van der Waals surface area contributed by atoms with Crippen LogP contribution in [0.4, 0.5) is 0 Å². The molecule has 0 aromatic heterocycles. The second-order valence-corrected chi connectivity index (χ2v) is 8.05. The third-order valence-electron chi connectivity index (χ3n) is 4.36. The molecule has 0 aromatic carbocycles. The Bertz CT molecular complexity index is 479. The standard InChI is InChI=1S/C10H13ClO4S/c1-9(2)6-3-4-10(9,5-16(11,14)15)8(13)7(6)12/h6H,3-5H2,1-2H3. The fourth-order valence-corrected chi connectivity index (χ4v) is 5.08. The maximum Gasteiger partial charge on any atom is 0.233 e. The smallest absolute Gasteiger partial charge is 0.233 e. The van der Waals surface area contributed by atoms with E-state index in [2.05, 4.69) is 0 Å². The van der Waals surface area contributed by atoms with Crippen molar-refractivity contribution in [2.24, 2.45) is 16.7 Å². The first kappa shape index (κ1) is 12.0. The first-order valence-electron chi connectivity index (χ1n) is 5.13. The predicted octanol–water partition coefficient (Wildman–Crippen LogP) is 1.13. The highest BCUT2D eigenvalue weighted by Crippen LogP contribution is 2.62. The third kappa shape index (κ3) is 1.31. The molecule has 0 amide bonds. The van der Waals surface area contributed by atoms with Crippen LogP contribution in [0.3, 0.4) is 0 Å². The number of rotatable bonds is 2. The van der Waals surface area contributed by atoms with Crippen LogP contribution in [0.5, 0.6) is 0 Å². The number of hydrogen-bond donors (Lipinski definition) is 0. The molecule has 90 valence electrons. The Labute approximate surface area is 98.8 Å². The van der Waals surface area contributed by atoms with Crippen LogP contribution in [0, 0.1) is 16.7 Å². The average molecular weight is 265 g/mol. The summed E-state index contributed by atoms with van der Waals surface area (Å²) >= 11 is 0. The molecule has 2 unspecified atom stereocenters. The van der Waals surface area contributed by atoms with Gasteiger partial charge in [0, 0.05) is 16.6 Å². The highest BCUT2D eigenvalue weighted by molar-refractivity contribution is 8.13. The summed E-state index contributed by atoms with van der Waals surface area (Å²) in [6.45, 7) is 3.57. The van der Waals surface area contributed by atoms with Gasteiger partial charge in [-0.15, -0.1) is 0 Å². The first-order chi connectivity index (χ1) is 7.12. The molecule has 0 spiro atoms. The number of ketones is 2. The van der Waals surface area contributed by atoms with Crippen LogP contribution in [0.25, 0.3) is 0 Å². The second kappa shape index (κ2) is 3.07. The quantitative estimate of drug-likeness (QED) is 0.554. The van der Waals surface area contributed by atoms with E-state index in [-0.39, 0.29) is 5.92 Å². The molecule has 6 heteroatoms. The van der Waals surface area contributed by atoms with Gasteiger partial charge in [0.2, 0.25) is 20.6 Å². The maximum absolute atomic E-state index is 11.9. The summed E-state index contributed by atoms with van der Waals surface area (Å²) in [6.07, 6.45) is 1.03. The Hall–Kier alpha value is -0.420. The van der Waals surface area contributed by atoms with Gasteiger partial charge in [-0.3, -0.25) is 9.59 Å². The van der Waals surface area contributed by atoms with Gasteiger partial charge in [-0.05, 0) is 18.3 Å². The monoisotopic (exact) mass is 264 g/mol. The summed E-state index contributed by atoms with van der Waals surface area (Å²) in [5.74, 6) is -1.72. The van der Waals surface area contributed by atoms with E-state index < -0.39 is 37.2 Å². The van der Waals surface area contributed by atoms with Gasteiger partial charge >= 0.3 is 0 Å². The molecule has 2 saturated carbocycles. The molecule has 0 heterocycles. The van der Waals surface area contributed by atoms with E-state index in [4.69, 9.17) is 10.7 Å². The minimum atomic E-state index is -3.78. The lowest BCUT2D eigenvalue weighted by Gasteiger charge is -2.34. The van der Waals surface area contributed by atoms with Crippen LogP contribution < -0.4 is 0 Å². The summed E-state index contributed by atoms with van der Waals surface area (Å²) in [5.41, 5.74) is -1.68. The van der Waals surface area contributed by atoms with Crippen LogP contribution in [-0.4, -0.2) is 25.7 Å². The van der Waals surface area contributed by atoms with E-state index in [9.17, 15) is 18.0 Å². The van der Waals surface area contributed by atoms with Crippen LogP contribution in [0.15, 0.2) is 0 Å². The van der Waals surface area contributed by atoms with E-state index in [1.807, 2.05) is 0 Å². The normalized spacial score (nSPS) is 37.1. The molecular weight excluding hydrogens is 252 g/mol. The lowest BCUT2D eigenvalue weighted by molar-refractivity contribution is -0.141. The largest absolute Gasteiger partial charge is 0.291 e. The van der Waals surface area contributed by atoms with E-state index in [0.717, 1.165) is 0 Å². The molecule has 2 rings (SSSR count). The van der Waals surface area contributed by atoms with Crippen molar-refractivity contribution in [2.75, 3.05) is 5.75 Å². The van der Waals surface area contributed by atoms with Crippen molar-refractivity contribution in [3.05, 3.63) is 0 Å². The highest BCUT2D eigenvalue weighted by Gasteiger charge is 2.69. The van der Waals surface area contributed by atoms with E-state index in [0.29, 0.717) is 12.8 Å². The molecule has 2 aliphatic carbocycles. The van der Waals surface area contributed by atoms with Gasteiger partial charge in [0.1, 0.15) is 0 Å². The number of Topliss-reactive ketones (excluding diaryl/α,β-unsaturated/α-hetero) is 2. The Morgan fingerprint density at radius 1 is 1.38 bits per heavy atom. The molecule has 0 saturated heterocycles. The molecule has 16 heavy (non-hydrogen) atoms. The highest BCUT2D eigenvalue weighted by atomic mass is 35.7. The lowest BCUT2D eigenvalue weighted by atomic mass is 9.70. The summed E-state index contributed by atoms with van der Waals surface area (Å²) in [7, 11) is 1.47. The zero-order valence-electron chi connectivity index (χ0n) is 9.12. The SMILES string of the molecule is CC1(C)C2CCC1(CS(=O)(=O)Cl)C(=O)C2=O. The van der Waals surface area contributed by atoms with Crippen molar-refractivity contribution in [1.29, 1.82) is 0 Å². The summed E-state index contributed by atoms with van der Waals surface area (Å²) in [6, 6.07) is 0. The van der Waals surface area contributed by atoms with E-state index in [1.54, 1.807) is 13.8 Å². The molecule has 2 bridgehead atoms. The van der Waals surface area contributed by atoms with Crippen LogP contribution in [0.2, 0.25) is 0 Å². The number of hydrogen-bond acceptors (Lipinski definition) is 4. The summed E-state index contributed by atoms with van der Waals surface area (Å²) in [4.78, 5) is 23.6. The van der Waals surface area contributed by atoms with Crippen LogP contribution in [-0.2, 0) is 18.6 Å². The number of carbonyl (C=O) groups is 2. The van der Waals surface area contributed by atoms with Gasteiger partial charge in [-0.2, -0.15) is 0 Å². The zero-order chi connectivity index (χ0) is 12.4. The summed E-state index contributed by atoms with van der Waals surface area (Å²) < 4.78 is 22.4. The van der Waals surface area contributed by atoms with E-state index in [1.165, 1.54) is 0 Å². The van der Waals surface area contributed by atoms with Gasteiger partial charge in [0.15, 0.2) is 0 Å². The van der Waals surface area contributed by atoms with Crippen LogP contribution >= 0.6 is 10.7 Å². The van der Waals surface area contributed by atoms with Crippen LogP contribution in [0.1, 0.15) is 26.7 Å². The van der Waals surface area contributed by atoms with Gasteiger partial charge < -0.3 is 0 Å². The molecule has 2 fully saturated rings. The fraction of sp³-hybridized carbons (Fsp3) is 0.800. The zero-order valence-corrected chi connectivity index (χ0v) is 10.7. The molecule has 2 atom stereocenters. The predicted molar refractivity (Wildman–Crippen MR) is 58.6 cm³/mol. The molecule has 4 nitrogen and oxygen atoms in total. The minimum Gasteiger partial charge on any atom is -0.291 e. The Balaban J connectivity index is 2.54. The van der Waals surface area contributed by atoms with Crippen molar-refractivity contribution in [2.45, 2.75) is 26.7 Å². The first-order valence-corrected chi connectivity index (χ1v) is 7.61. The van der Waals surface area contributed by atoms with Crippen molar-refractivity contribution in [3.63, 3.8) is 0 Å². The van der Waals surface area contributed by atoms with E-state index >= 15 is 0 Å². The molecule has 0 N–H and O–H groups in total. The van der Waals surface area contributed by atoms with Crippen molar-refractivity contribution in [1.82, 2.24) is 0 Å². The number of fused-ring (bicyclic) bond motifs is 2. The molecule has 0 radical (unpaired) electrons. The minimum absolute atomic E-state index is 0.335. The molecule has 2 aliphatic rings. The average Bonchev–Trinajstić information content (AvgIpc) is 2.39. The van der Waals surface area contributed by atoms with Gasteiger partial charge in [0.05, 0.1) is 11.2 Å². The maximum atomic E-state index is 11.9. The van der Waals surface area contributed by atoms with Gasteiger partial charge in [-0.1, -0.05) is 13.8 Å². The molecule has 0 aliphatic heterocycles. The molecule has 0 aromatic rings. The number of carbonyl (C=O) groups excluding carboxylic acids is 2. The Morgan fingerprint density at radius 2 is 1.94 bits per heavy atom. The number of halogens is 1. The second-order valence-electron chi connectivity index (χ2n) is 5.27. The Morgan fingerprint density at radius 3 is 2.31 bits per heavy atom.